The summed E-state index contributed by atoms with van der Waals surface area (Å²) in [5.74, 6) is 1.82. The molecule has 39 heavy (non-hydrogen) atoms. The lowest BCUT2D eigenvalue weighted by atomic mass is 9.85. The van der Waals surface area contributed by atoms with Gasteiger partial charge in [-0.2, -0.15) is 5.10 Å². The maximum absolute atomic E-state index is 13.0. The summed E-state index contributed by atoms with van der Waals surface area (Å²) in [7, 11) is 0. The van der Waals surface area contributed by atoms with Crippen LogP contribution in [0.25, 0.3) is 16.6 Å². The Morgan fingerprint density at radius 1 is 1.21 bits per heavy atom. The van der Waals surface area contributed by atoms with Gasteiger partial charge in [-0.25, -0.2) is 18.9 Å². The molecule has 10 heteroatoms. The molecule has 3 aromatic heterocycles. The quantitative estimate of drug-likeness (QED) is 0.391. The number of nitrogens with zero attached hydrogens (tertiary/aromatic N) is 5. The van der Waals surface area contributed by atoms with Crippen LogP contribution in [0.2, 0.25) is 0 Å². The van der Waals surface area contributed by atoms with Gasteiger partial charge in [0.25, 0.3) is 0 Å². The lowest BCUT2D eigenvalue weighted by molar-refractivity contribution is -0.0929. The molecule has 0 amide bonds. The summed E-state index contributed by atoms with van der Waals surface area (Å²) in [4.78, 5) is 11.4. The third-order valence-electron chi connectivity index (χ3n) is 7.83. The van der Waals surface area contributed by atoms with Gasteiger partial charge in [-0.05, 0) is 76.6 Å². The molecular weight excluding hydrogens is 501 g/mol. The molecule has 3 aromatic rings. The van der Waals surface area contributed by atoms with E-state index in [0.717, 1.165) is 53.8 Å². The number of aliphatic hydroxyl groups excluding tert-OH is 1. The van der Waals surface area contributed by atoms with E-state index in [1.54, 1.807) is 13.8 Å². The van der Waals surface area contributed by atoms with E-state index < -0.39 is 12.0 Å². The maximum Gasteiger partial charge on any atom is 0.195 e. The van der Waals surface area contributed by atoms with Crippen LogP contribution in [0.3, 0.4) is 0 Å². The van der Waals surface area contributed by atoms with Crippen LogP contribution >= 0.6 is 0 Å². The second-order valence-electron chi connectivity index (χ2n) is 11.3. The van der Waals surface area contributed by atoms with Gasteiger partial charge in [-0.1, -0.05) is 0 Å². The van der Waals surface area contributed by atoms with E-state index in [1.165, 1.54) is 6.92 Å². The third kappa shape index (κ3) is 6.57. The number of hydrogen-bond donors (Lipinski definition) is 2. The molecule has 2 fully saturated rings. The first-order valence-corrected chi connectivity index (χ1v) is 14.1. The second-order valence-corrected chi connectivity index (χ2v) is 11.3. The van der Waals surface area contributed by atoms with Gasteiger partial charge < -0.3 is 24.6 Å². The van der Waals surface area contributed by atoms with Crippen molar-refractivity contribution in [2.75, 3.05) is 31.2 Å². The average Bonchev–Trinajstić information content (AvgIpc) is 3.30. The molecule has 4 heterocycles. The number of halogens is 1. The van der Waals surface area contributed by atoms with E-state index in [-0.39, 0.29) is 12.2 Å². The van der Waals surface area contributed by atoms with Gasteiger partial charge in [0.1, 0.15) is 17.7 Å². The van der Waals surface area contributed by atoms with Gasteiger partial charge in [0, 0.05) is 42.9 Å². The first kappa shape index (κ1) is 27.9. The highest BCUT2D eigenvalue weighted by Crippen LogP contribution is 2.38. The normalized spacial score (nSPS) is 23.3. The number of hydrogen-bond acceptors (Lipinski definition) is 8. The number of morpholine rings is 1. The molecule has 2 unspecified atom stereocenters. The van der Waals surface area contributed by atoms with Crippen molar-refractivity contribution in [2.45, 2.75) is 89.4 Å². The Hall–Kier alpha value is -2.66. The first-order valence-electron chi connectivity index (χ1n) is 14.1. The zero-order valence-electron chi connectivity index (χ0n) is 23.1. The van der Waals surface area contributed by atoms with Crippen LogP contribution in [-0.4, -0.2) is 80.3 Å². The Morgan fingerprint density at radius 2 is 2.00 bits per heavy atom. The van der Waals surface area contributed by atoms with Crippen molar-refractivity contribution in [3.63, 3.8) is 0 Å². The van der Waals surface area contributed by atoms with Crippen LogP contribution in [0.4, 0.5) is 10.2 Å². The predicted octanol–water partition coefficient (Wildman–Crippen LogP) is 4.05. The summed E-state index contributed by atoms with van der Waals surface area (Å²) in [6.07, 6.45) is 6.48. The number of pyridine rings is 1. The smallest absolute Gasteiger partial charge is 0.195 e. The van der Waals surface area contributed by atoms with E-state index in [1.807, 2.05) is 23.0 Å². The molecule has 2 atom stereocenters. The fourth-order valence-electron chi connectivity index (χ4n) is 5.58. The third-order valence-corrected chi connectivity index (χ3v) is 7.83. The minimum Gasteiger partial charge on any atom is -0.393 e. The highest BCUT2D eigenvalue weighted by molar-refractivity contribution is 5.82. The number of aryl methyl sites for hydroxylation is 1. The molecule has 212 valence electrons. The topological polar surface area (TPSA) is 105 Å². The van der Waals surface area contributed by atoms with Crippen molar-refractivity contribution in [2.24, 2.45) is 0 Å². The average molecular weight is 542 g/mol. The number of rotatable bonds is 9. The summed E-state index contributed by atoms with van der Waals surface area (Å²) in [6.45, 7) is 7.03. The van der Waals surface area contributed by atoms with Crippen molar-refractivity contribution in [3.8, 4) is 11.1 Å². The van der Waals surface area contributed by atoms with Crippen molar-refractivity contribution in [1.82, 2.24) is 19.6 Å². The molecule has 2 aliphatic rings. The Kier molecular flexibility index (Phi) is 8.46. The largest absolute Gasteiger partial charge is 0.393 e. The van der Waals surface area contributed by atoms with E-state index in [2.05, 4.69) is 27.0 Å². The Bertz CT molecular complexity index is 1250. The van der Waals surface area contributed by atoms with Crippen molar-refractivity contribution in [3.05, 3.63) is 42.1 Å². The lowest BCUT2D eigenvalue weighted by Crippen LogP contribution is -2.52. The van der Waals surface area contributed by atoms with Crippen molar-refractivity contribution in [1.29, 1.82) is 0 Å². The molecule has 1 saturated carbocycles. The number of ether oxygens (including phenoxy) is 2. The number of aliphatic hydroxyl groups is 2. The molecule has 9 nitrogen and oxygen atoms in total. The van der Waals surface area contributed by atoms with E-state index in [4.69, 9.17) is 14.6 Å². The molecule has 0 radical (unpaired) electrons. The minimum atomic E-state index is -1.28. The van der Waals surface area contributed by atoms with Gasteiger partial charge in [0.15, 0.2) is 6.36 Å². The second kappa shape index (κ2) is 11.8. The molecule has 2 N–H and O–H groups in total. The van der Waals surface area contributed by atoms with Crippen molar-refractivity contribution >= 4 is 11.3 Å². The van der Waals surface area contributed by atoms with E-state index in [9.17, 15) is 14.6 Å². The number of alkyl halides is 1. The standard InChI is InChI=1S/C29H40FN5O4/c1-19(30)38-13-4-5-27-32-17-25-23(16-24(35(25)33-27)20-6-8-22(36)9-7-20)21-10-11-31-28(15-21)34-12-14-39-26(18-34)29(2,3)37/h10-11,15-17,19-20,22,26,36-37H,4-9,12-14,18H2,1-3H3. The van der Waals surface area contributed by atoms with Crippen LogP contribution in [-0.2, 0) is 15.9 Å². The fraction of sp³-hybridized carbons (Fsp3) is 0.621. The van der Waals surface area contributed by atoms with Gasteiger partial charge >= 0.3 is 0 Å². The first-order chi connectivity index (χ1) is 18.7. The number of fused-ring (bicyclic) bond motifs is 1. The molecule has 1 aliphatic carbocycles. The predicted molar refractivity (Wildman–Crippen MR) is 147 cm³/mol. The molecule has 0 aromatic carbocycles. The van der Waals surface area contributed by atoms with Gasteiger partial charge in [-0.15, -0.1) is 0 Å². The van der Waals surface area contributed by atoms with Crippen LogP contribution in [0.5, 0.6) is 0 Å². The lowest BCUT2D eigenvalue weighted by Gasteiger charge is -2.39. The van der Waals surface area contributed by atoms with Gasteiger partial charge in [0.2, 0.25) is 0 Å². The highest BCUT2D eigenvalue weighted by atomic mass is 19.1. The molecule has 1 saturated heterocycles. The van der Waals surface area contributed by atoms with Gasteiger partial charge in [-0.3, -0.25) is 0 Å². The Balaban J connectivity index is 1.46. The van der Waals surface area contributed by atoms with Crippen molar-refractivity contribution < 1.29 is 24.1 Å². The fourth-order valence-corrected chi connectivity index (χ4v) is 5.58. The monoisotopic (exact) mass is 541 g/mol. The van der Waals surface area contributed by atoms with Crippen LogP contribution < -0.4 is 4.90 Å². The maximum atomic E-state index is 13.0. The molecule has 0 bridgehead atoms. The molecule has 5 rings (SSSR count). The Labute approximate surface area is 229 Å². The highest BCUT2D eigenvalue weighted by Gasteiger charge is 2.33. The summed E-state index contributed by atoms with van der Waals surface area (Å²) < 4.78 is 25.9. The van der Waals surface area contributed by atoms with Gasteiger partial charge in [0.05, 0.1) is 36.6 Å². The molecular formula is C29H40FN5O4. The number of aromatic nitrogens is 4. The number of anilines is 1. The van der Waals surface area contributed by atoms with Crippen LogP contribution in [0.1, 0.15) is 70.3 Å². The minimum absolute atomic E-state index is 0.237. The summed E-state index contributed by atoms with van der Waals surface area (Å²) in [5.41, 5.74) is 3.15. The summed E-state index contributed by atoms with van der Waals surface area (Å²) in [5, 5.41) is 25.5. The zero-order chi connectivity index (χ0) is 27.6. The summed E-state index contributed by atoms with van der Waals surface area (Å²) >= 11 is 0. The zero-order valence-corrected chi connectivity index (χ0v) is 23.1. The van der Waals surface area contributed by atoms with E-state index in [0.29, 0.717) is 50.9 Å². The summed E-state index contributed by atoms with van der Waals surface area (Å²) in [6, 6.07) is 6.30. The molecule has 0 spiro atoms. The Morgan fingerprint density at radius 3 is 2.74 bits per heavy atom. The molecule has 1 aliphatic heterocycles. The van der Waals surface area contributed by atoms with Crippen LogP contribution in [0.15, 0.2) is 30.6 Å². The SMILES string of the molecule is CC(F)OCCCc1ncc2c(-c3ccnc(N4CCOC(C(C)(C)O)C4)c3)cc(C3CCC(O)CC3)n2n1. The van der Waals surface area contributed by atoms with E-state index >= 15 is 0 Å². The van der Waals surface area contributed by atoms with Crippen LogP contribution in [0, 0.1) is 0 Å².